The maximum absolute atomic E-state index is 11.6. The molecule has 1 atom stereocenters. The zero-order chi connectivity index (χ0) is 15.1. The molecule has 0 spiro atoms. The number of carbonyl (C=O) groups excluding carboxylic acids is 1. The SMILES string of the molecule is CCC(CNC(=O)COc1ccc(Br)cc1Br)C(=O)O. The van der Waals surface area contributed by atoms with Crippen molar-refractivity contribution in [2.45, 2.75) is 13.3 Å². The highest BCUT2D eigenvalue weighted by Gasteiger charge is 2.16. The van der Waals surface area contributed by atoms with Gasteiger partial charge in [0.25, 0.3) is 5.91 Å². The minimum Gasteiger partial charge on any atom is -0.483 e. The summed E-state index contributed by atoms with van der Waals surface area (Å²) in [4.78, 5) is 22.4. The van der Waals surface area contributed by atoms with Gasteiger partial charge in [-0.3, -0.25) is 9.59 Å². The summed E-state index contributed by atoms with van der Waals surface area (Å²) in [5.41, 5.74) is 0. The van der Waals surface area contributed by atoms with E-state index in [1.54, 1.807) is 19.1 Å². The Kier molecular flexibility index (Phi) is 7.01. The Labute approximate surface area is 134 Å². The van der Waals surface area contributed by atoms with Crippen LogP contribution in [0, 0.1) is 5.92 Å². The number of aliphatic carboxylic acids is 1. The van der Waals surface area contributed by atoms with Crippen molar-refractivity contribution in [3.8, 4) is 5.75 Å². The molecule has 110 valence electrons. The van der Waals surface area contributed by atoms with E-state index in [1.807, 2.05) is 6.07 Å². The van der Waals surface area contributed by atoms with Crippen LogP contribution in [0.15, 0.2) is 27.1 Å². The molecule has 0 bridgehead atoms. The van der Waals surface area contributed by atoms with E-state index in [-0.39, 0.29) is 19.1 Å². The maximum Gasteiger partial charge on any atom is 0.308 e. The monoisotopic (exact) mass is 407 g/mol. The highest BCUT2D eigenvalue weighted by molar-refractivity contribution is 9.11. The Morgan fingerprint density at radius 2 is 2.10 bits per heavy atom. The Hall–Kier alpha value is -1.08. The van der Waals surface area contributed by atoms with Crippen LogP contribution < -0.4 is 10.1 Å². The van der Waals surface area contributed by atoms with Crippen LogP contribution in [0.4, 0.5) is 0 Å². The topological polar surface area (TPSA) is 75.6 Å². The van der Waals surface area contributed by atoms with E-state index in [0.717, 1.165) is 8.95 Å². The molecule has 2 N–H and O–H groups in total. The molecule has 0 fully saturated rings. The standard InChI is InChI=1S/C13H15Br2NO4/c1-2-8(13(18)19)6-16-12(17)7-20-11-4-3-9(14)5-10(11)15/h3-5,8H,2,6-7H2,1H3,(H,16,17)(H,18,19). The molecular weight excluding hydrogens is 394 g/mol. The average Bonchev–Trinajstić information content (AvgIpc) is 2.38. The van der Waals surface area contributed by atoms with E-state index in [1.165, 1.54) is 0 Å². The summed E-state index contributed by atoms with van der Waals surface area (Å²) in [6.45, 7) is 1.71. The van der Waals surface area contributed by atoms with Crippen molar-refractivity contribution in [3.05, 3.63) is 27.1 Å². The van der Waals surface area contributed by atoms with Crippen molar-refractivity contribution in [3.63, 3.8) is 0 Å². The van der Waals surface area contributed by atoms with Crippen LogP contribution >= 0.6 is 31.9 Å². The summed E-state index contributed by atoms with van der Waals surface area (Å²) >= 11 is 6.64. The molecule has 0 aliphatic heterocycles. The number of nitrogens with one attached hydrogen (secondary N) is 1. The number of halogens is 2. The van der Waals surface area contributed by atoms with Crippen LogP contribution in [0.3, 0.4) is 0 Å². The van der Waals surface area contributed by atoms with Gasteiger partial charge in [0, 0.05) is 11.0 Å². The van der Waals surface area contributed by atoms with Crippen molar-refractivity contribution >= 4 is 43.7 Å². The molecule has 0 aliphatic carbocycles. The molecule has 1 aromatic carbocycles. The fourth-order valence-corrected chi connectivity index (χ4v) is 2.59. The van der Waals surface area contributed by atoms with Crippen LogP contribution in [0.1, 0.15) is 13.3 Å². The van der Waals surface area contributed by atoms with E-state index in [4.69, 9.17) is 9.84 Å². The number of carbonyl (C=O) groups is 2. The molecule has 0 aromatic heterocycles. The first kappa shape index (κ1) is 17.0. The molecule has 1 unspecified atom stereocenters. The molecule has 1 rings (SSSR count). The Balaban J connectivity index is 2.41. The molecule has 5 nitrogen and oxygen atoms in total. The second-order valence-electron chi connectivity index (χ2n) is 4.11. The lowest BCUT2D eigenvalue weighted by molar-refractivity contribution is -0.141. The quantitative estimate of drug-likeness (QED) is 0.727. The van der Waals surface area contributed by atoms with Crippen molar-refractivity contribution < 1.29 is 19.4 Å². The van der Waals surface area contributed by atoms with E-state index >= 15 is 0 Å². The summed E-state index contributed by atoms with van der Waals surface area (Å²) in [7, 11) is 0. The van der Waals surface area contributed by atoms with E-state index < -0.39 is 11.9 Å². The lowest BCUT2D eigenvalue weighted by Crippen LogP contribution is -2.35. The van der Waals surface area contributed by atoms with Crippen molar-refractivity contribution in [1.82, 2.24) is 5.32 Å². The predicted octanol–water partition coefficient (Wildman–Crippen LogP) is 2.82. The Bertz CT molecular complexity index is 493. The number of carboxylic acids is 1. The van der Waals surface area contributed by atoms with Gasteiger partial charge in [0.1, 0.15) is 5.75 Å². The van der Waals surface area contributed by atoms with Crippen LogP contribution in [0.2, 0.25) is 0 Å². The molecule has 0 saturated heterocycles. The van der Waals surface area contributed by atoms with Crippen LogP contribution in [0.25, 0.3) is 0 Å². The van der Waals surface area contributed by atoms with Crippen LogP contribution in [-0.4, -0.2) is 30.1 Å². The second-order valence-corrected chi connectivity index (χ2v) is 5.88. The predicted molar refractivity (Wildman–Crippen MR) is 81.8 cm³/mol. The number of amides is 1. The molecule has 20 heavy (non-hydrogen) atoms. The number of ether oxygens (including phenoxy) is 1. The summed E-state index contributed by atoms with van der Waals surface area (Å²) in [5.74, 6) is -1.28. The lowest BCUT2D eigenvalue weighted by Gasteiger charge is -2.12. The highest BCUT2D eigenvalue weighted by Crippen LogP contribution is 2.27. The third kappa shape index (κ3) is 5.50. The molecule has 1 amide bonds. The summed E-state index contributed by atoms with van der Waals surface area (Å²) in [6.07, 6.45) is 0.467. The third-order valence-electron chi connectivity index (χ3n) is 2.64. The second kappa shape index (κ2) is 8.26. The molecule has 7 heteroatoms. The Morgan fingerprint density at radius 3 is 2.65 bits per heavy atom. The smallest absolute Gasteiger partial charge is 0.308 e. The lowest BCUT2D eigenvalue weighted by atomic mass is 10.1. The maximum atomic E-state index is 11.6. The zero-order valence-corrected chi connectivity index (χ0v) is 14.0. The minimum absolute atomic E-state index is 0.107. The van der Waals surface area contributed by atoms with Crippen LogP contribution in [-0.2, 0) is 9.59 Å². The number of benzene rings is 1. The number of rotatable bonds is 7. The van der Waals surface area contributed by atoms with Crippen molar-refractivity contribution in [2.75, 3.05) is 13.2 Å². The number of carboxylic acid groups (broad SMARTS) is 1. The van der Waals surface area contributed by atoms with Gasteiger partial charge in [0.2, 0.25) is 0 Å². The van der Waals surface area contributed by atoms with Gasteiger partial charge >= 0.3 is 5.97 Å². The zero-order valence-electron chi connectivity index (χ0n) is 10.9. The Morgan fingerprint density at radius 1 is 1.40 bits per heavy atom. The molecule has 0 saturated carbocycles. The molecule has 0 aliphatic rings. The number of hydrogen-bond acceptors (Lipinski definition) is 3. The summed E-state index contributed by atoms with van der Waals surface area (Å²) in [5, 5.41) is 11.4. The van der Waals surface area contributed by atoms with Gasteiger partial charge in [-0.25, -0.2) is 0 Å². The summed E-state index contributed by atoms with van der Waals surface area (Å²) < 4.78 is 6.98. The summed E-state index contributed by atoms with van der Waals surface area (Å²) in [6, 6.07) is 5.34. The molecule has 0 radical (unpaired) electrons. The number of hydrogen-bond donors (Lipinski definition) is 2. The van der Waals surface area contributed by atoms with Gasteiger partial charge < -0.3 is 15.2 Å². The van der Waals surface area contributed by atoms with Crippen LogP contribution in [0.5, 0.6) is 5.75 Å². The first-order valence-electron chi connectivity index (χ1n) is 6.01. The minimum atomic E-state index is -0.913. The first-order chi connectivity index (χ1) is 9.43. The van der Waals surface area contributed by atoms with Gasteiger partial charge in [0.05, 0.1) is 10.4 Å². The highest BCUT2D eigenvalue weighted by atomic mass is 79.9. The van der Waals surface area contributed by atoms with Crippen molar-refractivity contribution in [2.24, 2.45) is 5.92 Å². The van der Waals surface area contributed by atoms with E-state index in [9.17, 15) is 9.59 Å². The van der Waals surface area contributed by atoms with Crippen molar-refractivity contribution in [1.29, 1.82) is 0 Å². The van der Waals surface area contributed by atoms with Gasteiger partial charge in [-0.15, -0.1) is 0 Å². The fraction of sp³-hybridized carbons (Fsp3) is 0.385. The first-order valence-corrected chi connectivity index (χ1v) is 7.60. The molecule has 0 heterocycles. The van der Waals surface area contributed by atoms with Gasteiger partial charge in [-0.2, -0.15) is 0 Å². The third-order valence-corrected chi connectivity index (χ3v) is 3.75. The largest absolute Gasteiger partial charge is 0.483 e. The van der Waals surface area contributed by atoms with E-state index in [0.29, 0.717) is 12.2 Å². The average molecular weight is 409 g/mol. The van der Waals surface area contributed by atoms with Gasteiger partial charge in [0.15, 0.2) is 6.61 Å². The van der Waals surface area contributed by atoms with E-state index in [2.05, 4.69) is 37.2 Å². The normalized spacial score (nSPS) is 11.8. The molecular formula is C13H15Br2NO4. The van der Waals surface area contributed by atoms with Gasteiger partial charge in [-0.1, -0.05) is 22.9 Å². The fourth-order valence-electron chi connectivity index (χ4n) is 1.43. The molecule has 1 aromatic rings. The van der Waals surface area contributed by atoms with Gasteiger partial charge in [-0.05, 0) is 40.5 Å².